The normalized spacial score (nSPS) is 22.9. The van der Waals surface area contributed by atoms with Crippen LogP contribution < -0.4 is 0 Å². The lowest BCUT2D eigenvalue weighted by Gasteiger charge is -2.41. The molecule has 1 aliphatic rings. The van der Waals surface area contributed by atoms with Crippen molar-refractivity contribution in [2.75, 3.05) is 0 Å². The van der Waals surface area contributed by atoms with Gasteiger partial charge in [0.1, 0.15) is 0 Å². The lowest BCUT2D eigenvalue weighted by Crippen LogP contribution is -2.44. The lowest BCUT2D eigenvalue weighted by atomic mass is 9.85. The quantitative estimate of drug-likeness (QED) is 0.341. The molecule has 0 aromatic heterocycles. The zero-order chi connectivity index (χ0) is 16.3. The van der Waals surface area contributed by atoms with Gasteiger partial charge in [0.05, 0.1) is 0 Å². The molecular weight excluding hydrogens is 284 g/mol. The molecule has 0 heterocycles. The van der Waals surface area contributed by atoms with E-state index >= 15 is 0 Å². The summed E-state index contributed by atoms with van der Waals surface area (Å²) in [6.45, 7) is 9.40. The van der Waals surface area contributed by atoms with E-state index in [1.165, 1.54) is 88.8 Å². The third-order valence-corrected chi connectivity index (χ3v) is 10.3. The molecule has 1 aliphatic carbocycles. The average Bonchev–Trinajstić information content (AvgIpc) is 2.56. The van der Waals surface area contributed by atoms with Crippen LogP contribution in [0.25, 0.3) is 0 Å². The molecule has 132 valence electrons. The van der Waals surface area contributed by atoms with Crippen LogP contribution in [0.15, 0.2) is 0 Å². The highest BCUT2D eigenvalue weighted by atomic mass is 28.4. The van der Waals surface area contributed by atoms with Crippen molar-refractivity contribution in [3.63, 3.8) is 0 Å². The monoisotopic (exact) mass is 326 g/mol. The predicted molar refractivity (Wildman–Crippen MR) is 102 cm³/mol. The fourth-order valence-corrected chi connectivity index (χ4v) is 9.22. The molecule has 1 rings (SSSR count). The predicted octanol–water partition coefficient (Wildman–Crippen LogP) is 7.32. The minimum Gasteiger partial charge on any atom is -0.414 e. The van der Waals surface area contributed by atoms with E-state index in [2.05, 4.69) is 27.7 Å². The molecule has 0 N–H and O–H groups in total. The minimum absolute atomic E-state index is 0.607. The number of rotatable bonds is 12. The highest BCUT2D eigenvalue weighted by molar-refractivity contribution is 6.73. The molecule has 1 fully saturated rings. The van der Waals surface area contributed by atoms with E-state index in [0.717, 1.165) is 5.92 Å². The fourth-order valence-electron chi connectivity index (χ4n) is 4.17. The molecule has 1 saturated carbocycles. The number of unbranched alkanes of at least 4 members (excludes halogenated alkanes) is 3. The van der Waals surface area contributed by atoms with E-state index in [-0.39, 0.29) is 0 Å². The van der Waals surface area contributed by atoms with Gasteiger partial charge in [-0.25, -0.2) is 0 Å². The third-order valence-electron chi connectivity index (χ3n) is 5.72. The Labute approximate surface area is 141 Å². The van der Waals surface area contributed by atoms with Crippen LogP contribution >= 0.6 is 0 Å². The average molecular weight is 327 g/mol. The van der Waals surface area contributed by atoms with Crippen LogP contribution in [0.4, 0.5) is 0 Å². The van der Waals surface area contributed by atoms with Gasteiger partial charge in [-0.05, 0) is 36.9 Å². The molecule has 0 spiro atoms. The van der Waals surface area contributed by atoms with E-state index in [1.807, 2.05) is 0 Å². The summed E-state index contributed by atoms with van der Waals surface area (Å²) >= 11 is 0. The molecule has 0 radical (unpaired) electrons. The van der Waals surface area contributed by atoms with Gasteiger partial charge < -0.3 is 4.43 Å². The first-order valence-electron chi connectivity index (χ1n) is 10.4. The summed E-state index contributed by atoms with van der Waals surface area (Å²) in [5, 5.41) is 0. The highest BCUT2D eigenvalue weighted by Crippen LogP contribution is 2.37. The van der Waals surface area contributed by atoms with Gasteiger partial charge >= 0.3 is 0 Å². The largest absolute Gasteiger partial charge is 0.414 e. The molecule has 0 bridgehead atoms. The number of hydrogen-bond acceptors (Lipinski definition) is 1. The van der Waals surface area contributed by atoms with Crippen LogP contribution in [-0.2, 0) is 4.43 Å². The molecule has 0 aromatic carbocycles. The van der Waals surface area contributed by atoms with Gasteiger partial charge in [-0.3, -0.25) is 0 Å². The number of hydrogen-bond donors (Lipinski definition) is 0. The summed E-state index contributed by atoms with van der Waals surface area (Å²) in [5.74, 6) is 0.852. The van der Waals surface area contributed by atoms with Crippen LogP contribution in [-0.4, -0.2) is 14.4 Å². The molecule has 0 saturated heterocycles. The first-order valence-corrected chi connectivity index (χ1v) is 12.9. The molecular formula is C20H42OSi. The van der Waals surface area contributed by atoms with Gasteiger partial charge in [-0.1, -0.05) is 85.5 Å². The Morgan fingerprint density at radius 1 is 0.773 bits per heavy atom. The fraction of sp³-hybridized carbons (Fsp3) is 1.00. The standard InChI is InChI=1S/C20H42OSi/c1-5-9-16-22(17-10-6-2,18-11-7-3)21-20-15-13-12-14-19(20)8-4/h19-20H,5-18H2,1-4H3. The van der Waals surface area contributed by atoms with Crippen LogP contribution in [0.3, 0.4) is 0 Å². The van der Waals surface area contributed by atoms with Crippen molar-refractivity contribution in [1.82, 2.24) is 0 Å². The van der Waals surface area contributed by atoms with Crippen molar-refractivity contribution in [3.05, 3.63) is 0 Å². The Morgan fingerprint density at radius 2 is 1.27 bits per heavy atom. The molecule has 0 amide bonds. The zero-order valence-electron chi connectivity index (χ0n) is 16.0. The molecule has 1 nitrogen and oxygen atoms in total. The lowest BCUT2D eigenvalue weighted by molar-refractivity contribution is 0.0784. The van der Waals surface area contributed by atoms with Crippen LogP contribution in [0.5, 0.6) is 0 Å². The second kappa shape index (κ2) is 11.7. The summed E-state index contributed by atoms with van der Waals surface area (Å²) in [6.07, 6.45) is 15.7. The van der Waals surface area contributed by atoms with Gasteiger partial charge in [-0.15, -0.1) is 0 Å². The summed E-state index contributed by atoms with van der Waals surface area (Å²) in [7, 11) is -1.50. The second-order valence-corrected chi connectivity index (χ2v) is 11.7. The van der Waals surface area contributed by atoms with Gasteiger partial charge in [0.15, 0.2) is 8.32 Å². The van der Waals surface area contributed by atoms with E-state index in [0.29, 0.717) is 6.10 Å². The minimum atomic E-state index is -1.50. The summed E-state index contributed by atoms with van der Waals surface area (Å²) in [5.41, 5.74) is 0. The van der Waals surface area contributed by atoms with Gasteiger partial charge in [0.25, 0.3) is 0 Å². The molecule has 2 unspecified atom stereocenters. The molecule has 22 heavy (non-hydrogen) atoms. The Morgan fingerprint density at radius 3 is 1.73 bits per heavy atom. The van der Waals surface area contributed by atoms with E-state index in [9.17, 15) is 0 Å². The van der Waals surface area contributed by atoms with Crippen molar-refractivity contribution in [2.45, 2.75) is 123 Å². The zero-order valence-corrected chi connectivity index (χ0v) is 17.0. The SMILES string of the molecule is CCCC[Si](CCCC)(CCCC)OC1CCCCC1CC. The molecule has 0 aromatic rings. The summed E-state index contributed by atoms with van der Waals surface area (Å²) in [4.78, 5) is 0. The van der Waals surface area contributed by atoms with E-state index in [4.69, 9.17) is 4.43 Å². The maximum Gasteiger partial charge on any atom is 0.193 e. The topological polar surface area (TPSA) is 9.23 Å². The summed E-state index contributed by atoms with van der Waals surface area (Å²) in [6, 6.07) is 4.28. The Hall–Kier alpha value is 0.177. The first kappa shape index (κ1) is 20.2. The van der Waals surface area contributed by atoms with Crippen molar-refractivity contribution in [1.29, 1.82) is 0 Å². The van der Waals surface area contributed by atoms with Crippen molar-refractivity contribution in [3.8, 4) is 0 Å². The van der Waals surface area contributed by atoms with Crippen LogP contribution in [0, 0.1) is 5.92 Å². The second-order valence-electron chi connectivity index (χ2n) is 7.60. The van der Waals surface area contributed by atoms with E-state index < -0.39 is 8.32 Å². The van der Waals surface area contributed by atoms with Crippen LogP contribution in [0.2, 0.25) is 18.1 Å². The third kappa shape index (κ3) is 6.74. The maximum absolute atomic E-state index is 7.13. The molecule has 2 atom stereocenters. The molecule has 0 aliphatic heterocycles. The highest BCUT2D eigenvalue weighted by Gasteiger charge is 2.38. The maximum atomic E-state index is 7.13. The summed E-state index contributed by atoms with van der Waals surface area (Å²) < 4.78 is 7.13. The van der Waals surface area contributed by atoms with Crippen molar-refractivity contribution in [2.24, 2.45) is 5.92 Å². The molecule has 2 heteroatoms. The van der Waals surface area contributed by atoms with Gasteiger partial charge in [-0.2, -0.15) is 0 Å². The van der Waals surface area contributed by atoms with E-state index in [1.54, 1.807) is 0 Å². The van der Waals surface area contributed by atoms with Gasteiger partial charge in [0.2, 0.25) is 0 Å². The Balaban J connectivity index is 2.78. The van der Waals surface area contributed by atoms with Crippen LogP contribution in [0.1, 0.15) is 98.3 Å². The van der Waals surface area contributed by atoms with Crippen molar-refractivity contribution < 1.29 is 4.43 Å². The van der Waals surface area contributed by atoms with Gasteiger partial charge in [0, 0.05) is 6.10 Å². The van der Waals surface area contributed by atoms with Crippen molar-refractivity contribution >= 4 is 8.32 Å². The Kier molecular flexibility index (Phi) is 10.7. The Bertz CT molecular complexity index is 245. The smallest absolute Gasteiger partial charge is 0.193 e. The first-order chi connectivity index (χ1) is 10.7.